The van der Waals surface area contributed by atoms with E-state index in [0.29, 0.717) is 24.5 Å². The first-order valence-corrected chi connectivity index (χ1v) is 9.74. The van der Waals surface area contributed by atoms with Crippen molar-refractivity contribution in [2.24, 2.45) is 7.05 Å². The van der Waals surface area contributed by atoms with Gasteiger partial charge in [-0.05, 0) is 30.7 Å². The van der Waals surface area contributed by atoms with E-state index >= 15 is 0 Å². The van der Waals surface area contributed by atoms with Crippen molar-refractivity contribution in [3.05, 3.63) is 77.4 Å². The van der Waals surface area contributed by atoms with E-state index in [4.69, 9.17) is 9.84 Å². The molecule has 8 nitrogen and oxygen atoms in total. The van der Waals surface area contributed by atoms with Crippen molar-refractivity contribution in [3.8, 4) is 17.4 Å². The number of hydrogen-bond acceptors (Lipinski definition) is 4. The first-order valence-electron chi connectivity index (χ1n) is 9.74. The number of benzene rings is 1. The number of fused-ring (bicyclic) bond motifs is 1. The molecule has 0 radical (unpaired) electrons. The molecule has 0 N–H and O–H groups in total. The van der Waals surface area contributed by atoms with Crippen molar-refractivity contribution in [3.63, 3.8) is 0 Å². The zero-order valence-corrected chi connectivity index (χ0v) is 17.1. The molecule has 0 aliphatic carbocycles. The van der Waals surface area contributed by atoms with Gasteiger partial charge in [-0.3, -0.25) is 9.48 Å². The van der Waals surface area contributed by atoms with Gasteiger partial charge in [0, 0.05) is 31.2 Å². The Bertz CT molecular complexity index is 1230. The van der Waals surface area contributed by atoms with Gasteiger partial charge in [-0.25, -0.2) is 4.68 Å². The van der Waals surface area contributed by atoms with Crippen LogP contribution in [0.5, 0.6) is 5.88 Å². The largest absolute Gasteiger partial charge is 0.479 e. The number of aryl methyl sites for hydroxylation is 2. The number of nitrogens with zero attached hydrogens (tertiary/aromatic N) is 6. The molecule has 1 aromatic carbocycles. The van der Waals surface area contributed by atoms with E-state index in [1.54, 1.807) is 22.8 Å². The van der Waals surface area contributed by atoms with E-state index in [-0.39, 0.29) is 5.91 Å². The van der Waals surface area contributed by atoms with E-state index in [1.165, 1.54) is 7.11 Å². The number of carbonyl (C=O) groups excluding carboxylic acids is 1. The van der Waals surface area contributed by atoms with Gasteiger partial charge in [0.2, 0.25) is 5.88 Å². The quantitative estimate of drug-likeness (QED) is 0.526. The van der Waals surface area contributed by atoms with Crippen molar-refractivity contribution >= 4 is 5.91 Å². The Morgan fingerprint density at radius 1 is 1.07 bits per heavy atom. The SMILES string of the molecule is COc1nn(C)cc1C(=O)N1Cc2nn(-c3ccccc3C)c(-n3cccc3)c2C1. The molecule has 0 saturated heterocycles. The number of amides is 1. The van der Waals surface area contributed by atoms with Gasteiger partial charge in [0.1, 0.15) is 11.4 Å². The van der Waals surface area contributed by atoms with Gasteiger partial charge in [0.25, 0.3) is 5.91 Å². The highest BCUT2D eigenvalue weighted by Gasteiger charge is 2.33. The zero-order chi connectivity index (χ0) is 20.8. The minimum Gasteiger partial charge on any atom is -0.479 e. The standard InChI is InChI=1S/C22H22N6O2/c1-15-8-4-5-9-19(15)28-21(26-10-6-7-11-26)16-13-27(14-18(16)23-28)22(29)17-12-25(2)24-20(17)30-3/h4-12H,13-14H2,1-3H3. The average Bonchev–Trinajstić information content (AvgIpc) is 3.50. The lowest BCUT2D eigenvalue weighted by atomic mass is 10.2. The van der Waals surface area contributed by atoms with Gasteiger partial charge in [0.05, 0.1) is 31.6 Å². The summed E-state index contributed by atoms with van der Waals surface area (Å²) in [6.07, 6.45) is 5.69. The zero-order valence-electron chi connectivity index (χ0n) is 17.1. The van der Waals surface area contributed by atoms with Crippen molar-refractivity contribution in [1.29, 1.82) is 0 Å². The van der Waals surface area contributed by atoms with Gasteiger partial charge in [0.15, 0.2) is 0 Å². The van der Waals surface area contributed by atoms with E-state index in [1.807, 2.05) is 41.3 Å². The Labute approximate surface area is 173 Å². The highest BCUT2D eigenvalue weighted by molar-refractivity contribution is 5.96. The monoisotopic (exact) mass is 402 g/mol. The maximum absolute atomic E-state index is 13.2. The third-order valence-electron chi connectivity index (χ3n) is 5.43. The van der Waals surface area contributed by atoms with E-state index in [2.05, 4.69) is 28.7 Å². The Kier molecular flexibility index (Phi) is 4.20. The summed E-state index contributed by atoms with van der Waals surface area (Å²) in [6, 6.07) is 12.1. The summed E-state index contributed by atoms with van der Waals surface area (Å²) in [5.74, 6) is 1.18. The van der Waals surface area contributed by atoms with Crippen LogP contribution in [-0.2, 0) is 20.1 Å². The van der Waals surface area contributed by atoms with Gasteiger partial charge < -0.3 is 14.2 Å². The molecule has 0 unspecified atom stereocenters. The van der Waals surface area contributed by atoms with Crippen LogP contribution in [0.15, 0.2) is 55.0 Å². The van der Waals surface area contributed by atoms with E-state index in [9.17, 15) is 4.79 Å². The summed E-state index contributed by atoms with van der Waals surface area (Å²) in [4.78, 5) is 14.9. The molecule has 0 fully saturated rings. The van der Waals surface area contributed by atoms with Gasteiger partial charge >= 0.3 is 0 Å². The third kappa shape index (κ3) is 2.80. The summed E-state index contributed by atoms with van der Waals surface area (Å²) < 4.78 is 10.9. The van der Waals surface area contributed by atoms with Crippen molar-refractivity contribution in [2.75, 3.05) is 7.11 Å². The van der Waals surface area contributed by atoms with Crippen LogP contribution in [0.4, 0.5) is 0 Å². The van der Waals surface area contributed by atoms with Crippen LogP contribution in [0.25, 0.3) is 11.5 Å². The second kappa shape index (κ2) is 6.91. The summed E-state index contributed by atoms with van der Waals surface area (Å²) in [5, 5.41) is 9.10. The maximum atomic E-state index is 13.2. The number of methoxy groups -OCH3 is 1. The van der Waals surface area contributed by atoms with Crippen LogP contribution >= 0.6 is 0 Å². The molecule has 0 atom stereocenters. The highest BCUT2D eigenvalue weighted by atomic mass is 16.5. The van der Waals surface area contributed by atoms with Crippen molar-refractivity contribution in [1.82, 2.24) is 29.0 Å². The molecule has 0 spiro atoms. The van der Waals surface area contributed by atoms with Gasteiger partial charge in [-0.1, -0.05) is 18.2 Å². The normalized spacial score (nSPS) is 13.0. The van der Waals surface area contributed by atoms with Crippen molar-refractivity contribution in [2.45, 2.75) is 20.0 Å². The lowest BCUT2D eigenvalue weighted by Gasteiger charge is -2.17. The van der Waals surface area contributed by atoms with Crippen LogP contribution in [0.1, 0.15) is 27.2 Å². The molecular weight excluding hydrogens is 380 g/mol. The first kappa shape index (κ1) is 18.2. The molecule has 3 aromatic heterocycles. The number of hydrogen-bond donors (Lipinski definition) is 0. The lowest BCUT2D eigenvalue weighted by Crippen LogP contribution is -2.26. The van der Waals surface area contributed by atoms with E-state index < -0.39 is 0 Å². The molecule has 1 amide bonds. The van der Waals surface area contributed by atoms with Gasteiger partial charge in [-0.2, -0.15) is 5.10 Å². The fraction of sp³-hybridized carbons (Fsp3) is 0.227. The average molecular weight is 402 g/mol. The fourth-order valence-corrected chi connectivity index (χ4v) is 3.99. The second-order valence-electron chi connectivity index (χ2n) is 7.42. The minimum absolute atomic E-state index is 0.112. The Morgan fingerprint density at radius 3 is 2.57 bits per heavy atom. The van der Waals surface area contributed by atoms with Crippen LogP contribution in [-0.4, -0.2) is 42.0 Å². The molecule has 0 saturated carbocycles. The fourth-order valence-electron chi connectivity index (χ4n) is 3.99. The molecule has 5 rings (SSSR count). The summed E-state index contributed by atoms with van der Waals surface area (Å²) in [5.41, 5.74) is 4.57. The third-order valence-corrected chi connectivity index (χ3v) is 5.43. The summed E-state index contributed by atoms with van der Waals surface area (Å²) in [6.45, 7) is 3.00. The van der Waals surface area contributed by atoms with Crippen LogP contribution in [0, 0.1) is 6.92 Å². The minimum atomic E-state index is -0.112. The van der Waals surface area contributed by atoms with Crippen LogP contribution < -0.4 is 4.74 Å². The molecule has 1 aliphatic heterocycles. The smallest absolute Gasteiger partial charge is 0.261 e. The number of ether oxygens (including phenoxy) is 1. The Hall–Kier alpha value is -3.81. The van der Waals surface area contributed by atoms with Gasteiger partial charge in [-0.15, -0.1) is 5.10 Å². The maximum Gasteiger partial charge on any atom is 0.261 e. The Morgan fingerprint density at radius 2 is 1.83 bits per heavy atom. The molecule has 152 valence electrons. The first-order chi connectivity index (χ1) is 14.6. The molecule has 4 heterocycles. The van der Waals surface area contributed by atoms with Crippen molar-refractivity contribution < 1.29 is 9.53 Å². The number of carbonyl (C=O) groups is 1. The molecule has 30 heavy (non-hydrogen) atoms. The van der Waals surface area contributed by atoms with Crippen LogP contribution in [0.3, 0.4) is 0 Å². The summed E-state index contributed by atoms with van der Waals surface area (Å²) >= 11 is 0. The number of para-hydroxylation sites is 1. The molecule has 1 aliphatic rings. The predicted octanol–water partition coefficient (Wildman–Crippen LogP) is 2.87. The number of aromatic nitrogens is 5. The lowest BCUT2D eigenvalue weighted by molar-refractivity contribution is 0.0745. The highest BCUT2D eigenvalue weighted by Crippen LogP contribution is 2.32. The number of rotatable bonds is 4. The summed E-state index contributed by atoms with van der Waals surface area (Å²) in [7, 11) is 3.30. The molecule has 4 aromatic rings. The second-order valence-corrected chi connectivity index (χ2v) is 7.42. The van der Waals surface area contributed by atoms with Crippen LogP contribution in [0.2, 0.25) is 0 Å². The topological polar surface area (TPSA) is 70.1 Å². The van der Waals surface area contributed by atoms with E-state index in [0.717, 1.165) is 28.3 Å². The Balaban J connectivity index is 1.56. The molecular formula is C22H22N6O2. The molecule has 8 heteroatoms. The predicted molar refractivity (Wildman–Crippen MR) is 111 cm³/mol. The molecule has 0 bridgehead atoms.